The number of fused-ring (bicyclic) bond motifs is 4. The molecule has 0 spiro atoms. The van der Waals surface area contributed by atoms with Gasteiger partial charge in [-0.2, -0.15) is 25.7 Å². The van der Waals surface area contributed by atoms with Gasteiger partial charge in [0.15, 0.2) is 28.3 Å². The van der Waals surface area contributed by atoms with E-state index < -0.39 is 40.6 Å². The molecular formula is C103H134Cl8N28O7S3. The van der Waals surface area contributed by atoms with Crippen LogP contribution in [0.15, 0.2) is 97.6 Å². The molecule has 0 radical (unpaired) electrons. The van der Waals surface area contributed by atoms with Gasteiger partial charge in [-0.1, -0.05) is 117 Å². The normalized spacial score (nSPS) is 20.1. The average molecular weight is 2260 g/mol. The van der Waals surface area contributed by atoms with E-state index in [4.69, 9.17) is 148 Å². The first-order chi connectivity index (χ1) is 71.1. The Hall–Kier alpha value is -8.38. The number of piperidine rings is 3. The standard InChI is InChI=1S/2C27H37Cl2N7O2S.C25H33Cl2N7O2S.C24H27Cl2N7O/c2*1-17(2)39(37,38)31-9-11-34-10-5-6-20(14-34)21-15-35(16-21)25-13-30-26-18(3)33-36(27(26)32-25)19(4)23-8-7-22(28)12-24(23)29;1-16-24-25(34(31-16)17(2)21-7-6-20(26)11-22(21)27)30-23(12-28-24)33-14-19(15-33)18-5-4-9-32(13-18)10-8-29-37(3,35)36;1-15(19-4-3-18(25)9-20(19)26)33-24-23(21(10-27)30-33)28-11-22(29-24)32-13-17(14-32)16-5-7-31(12-16)6-2-8-34/h2*7-8,12-13,17,19-21,31H,5-6,9-11,14-16H2,1-4H3;6-7,11-12,17-19,29H,4-5,8-10,13-15H2,1-3H3;3-4,9,11,15-17,34H,2,5-8,12-14H2,1H3/t19-,20+;19-,20-;17-,18-;15-,16+/m1111/s1. The second-order valence-electron chi connectivity index (χ2n) is 41.8. The third-order valence-electron chi connectivity index (χ3n) is 31.0. The highest BCUT2D eigenvalue weighted by atomic mass is 35.5. The molecule has 4 aromatic carbocycles. The number of benzene rings is 4. The fourth-order valence-corrected chi connectivity index (χ4v) is 26.0. The Morgan fingerprint density at radius 1 is 0.369 bits per heavy atom. The third-order valence-corrected chi connectivity index (χ3v) is 37.6. The van der Waals surface area contributed by atoms with E-state index in [9.17, 15) is 30.5 Å². The summed E-state index contributed by atoms with van der Waals surface area (Å²) in [6, 6.07) is 23.4. The Morgan fingerprint density at radius 2 is 0.644 bits per heavy atom. The number of halogens is 8. The first-order valence-electron chi connectivity index (χ1n) is 51.7. The number of sulfonamides is 3. The van der Waals surface area contributed by atoms with Crippen LogP contribution in [-0.2, 0) is 30.1 Å². The zero-order valence-corrected chi connectivity index (χ0v) is 94.8. The molecule has 802 valence electrons. The zero-order valence-electron chi connectivity index (χ0n) is 86.3. The molecule has 8 aromatic heterocycles. The lowest BCUT2D eigenvalue weighted by Crippen LogP contribution is -2.54. The predicted octanol–water partition coefficient (Wildman–Crippen LogP) is 16.6. The molecule has 12 aromatic rings. The number of aliphatic hydroxyl groups is 1. The van der Waals surface area contributed by atoms with Crippen LogP contribution in [0, 0.1) is 79.4 Å². The van der Waals surface area contributed by atoms with Crippen molar-refractivity contribution in [3.63, 3.8) is 0 Å². The van der Waals surface area contributed by atoms with E-state index in [2.05, 4.69) is 90.3 Å². The number of nitrogens with one attached hydrogen (secondary N) is 3. The van der Waals surface area contributed by atoms with Crippen LogP contribution >= 0.6 is 92.8 Å². The minimum absolute atomic E-state index is 0.125. The fraction of sp³-hybridized carbons (Fsp3) is 0.563. The summed E-state index contributed by atoms with van der Waals surface area (Å²) >= 11 is 50.3. The molecule has 8 aliphatic heterocycles. The van der Waals surface area contributed by atoms with Crippen molar-refractivity contribution in [1.82, 2.24) is 113 Å². The molecule has 4 N–H and O–H groups in total. The number of aromatic nitrogens is 16. The topological polar surface area (TPSA) is 383 Å². The Balaban J connectivity index is 0.000000136. The van der Waals surface area contributed by atoms with E-state index in [0.717, 1.165) is 253 Å². The van der Waals surface area contributed by atoms with Crippen LogP contribution in [0.4, 0.5) is 23.3 Å². The van der Waals surface area contributed by atoms with Gasteiger partial charge in [-0.3, -0.25) is 0 Å². The SMILES string of the molecule is C[C@H](c1ccc(Cl)cc1Cl)n1nc(C#N)c2ncc(N3CC([C@H]4CCN(CCCO)C4)C3)nc21.Cc1nn([C@H](C)c2ccc(Cl)cc2Cl)c2nc(N3CC([C@@H]4CCCN(CCNS(=O)(=O)C(C)C)C4)C3)cnc12.Cc1nn([C@H](C)c2ccc(Cl)cc2Cl)c2nc(N3CC([C@@H]4CCCN(CCNS(C)(=O)=O)C4)C3)cnc12.Cc1nn([C@H](C)c2ccc(Cl)cc2Cl)c2nc(N3CC([C@H]4CCCN(CCNS(=O)(=O)C(C)C)C4)C3)cnc12. The van der Waals surface area contributed by atoms with Crippen LogP contribution in [0.1, 0.15) is 176 Å². The molecule has 0 bridgehead atoms. The molecule has 8 saturated heterocycles. The van der Waals surface area contributed by atoms with Crippen molar-refractivity contribution in [3.05, 3.63) is 183 Å². The molecule has 8 aliphatic rings. The number of nitriles is 1. The number of anilines is 4. The molecule has 35 nitrogen and oxygen atoms in total. The van der Waals surface area contributed by atoms with E-state index in [1.807, 2.05) is 103 Å². The van der Waals surface area contributed by atoms with Crippen molar-refractivity contribution < 1.29 is 30.4 Å². The minimum Gasteiger partial charge on any atom is -0.396 e. The van der Waals surface area contributed by atoms with Gasteiger partial charge in [-0.25, -0.2) is 98.0 Å². The first kappa shape index (κ1) is 112. The van der Waals surface area contributed by atoms with Gasteiger partial charge in [0, 0.05) is 171 Å². The summed E-state index contributed by atoms with van der Waals surface area (Å²) in [6.07, 6.45) is 17.6. The molecule has 149 heavy (non-hydrogen) atoms. The van der Waals surface area contributed by atoms with Crippen molar-refractivity contribution in [1.29, 1.82) is 5.26 Å². The van der Waals surface area contributed by atoms with Gasteiger partial charge in [-0.05, 0) is 272 Å². The number of hydrogen-bond acceptors (Lipinski definition) is 28. The number of aryl methyl sites for hydroxylation is 3. The molecule has 0 aliphatic carbocycles. The summed E-state index contributed by atoms with van der Waals surface area (Å²) in [5.74, 6) is 8.34. The van der Waals surface area contributed by atoms with Gasteiger partial charge in [0.25, 0.3) is 0 Å². The molecule has 20 rings (SSSR count). The van der Waals surface area contributed by atoms with E-state index >= 15 is 0 Å². The molecular weight excluding hydrogens is 2120 g/mol. The van der Waals surface area contributed by atoms with Crippen LogP contribution in [0.25, 0.3) is 44.7 Å². The lowest BCUT2D eigenvalue weighted by molar-refractivity contribution is 0.121. The summed E-state index contributed by atoms with van der Waals surface area (Å²) in [6.45, 7) is 41.6. The van der Waals surface area contributed by atoms with Crippen LogP contribution < -0.4 is 33.8 Å². The fourth-order valence-electron chi connectivity index (χ4n) is 21.9. The summed E-state index contributed by atoms with van der Waals surface area (Å²) in [5.41, 5.74) is 12.1. The van der Waals surface area contributed by atoms with Crippen molar-refractivity contribution in [2.24, 2.45) is 47.3 Å². The zero-order chi connectivity index (χ0) is 106. The lowest BCUT2D eigenvalue weighted by Gasteiger charge is -2.47. The molecule has 0 amide bonds. The van der Waals surface area contributed by atoms with Crippen molar-refractivity contribution >= 4 is 191 Å². The Morgan fingerprint density at radius 3 is 0.926 bits per heavy atom. The third kappa shape index (κ3) is 26.2. The predicted molar refractivity (Wildman–Crippen MR) is 595 cm³/mol. The number of likely N-dealkylation sites (tertiary alicyclic amines) is 4. The van der Waals surface area contributed by atoms with Crippen LogP contribution in [0.2, 0.25) is 40.2 Å². The smallest absolute Gasteiger partial charge is 0.213 e. The maximum atomic E-state index is 12.0. The number of aliphatic hydroxyl groups excluding tert-OH is 1. The van der Waals surface area contributed by atoms with E-state index in [1.54, 1.807) is 68.9 Å². The minimum atomic E-state index is -3.22. The van der Waals surface area contributed by atoms with Crippen molar-refractivity contribution in [2.45, 2.75) is 162 Å². The summed E-state index contributed by atoms with van der Waals surface area (Å²) in [4.78, 5) is 57.4. The summed E-state index contributed by atoms with van der Waals surface area (Å²) in [5, 5.41) is 41.3. The Bertz CT molecular complexity index is 6960. The van der Waals surface area contributed by atoms with Gasteiger partial charge < -0.3 is 44.3 Å². The van der Waals surface area contributed by atoms with Crippen molar-refractivity contribution in [2.75, 3.05) is 183 Å². The highest BCUT2D eigenvalue weighted by Gasteiger charge is 2.43. The summed E-state index contributed by atoms with van der Waals surface area (Å²) < 4.78 is 86.4. The highest BCUT2D eigenvalue weighted by molar-refractivity contribution is 7.90. The lowest BCUT2D eigenvalue weighted by atomic mass is 9.80. The van der Waals surface area contributed by atoms with Crippen molar-refractivity contribution in [3.8, 4) is 6.07 Å². The van der Waals surface area contributed by atoms with Gasteiger partial charge in [0.05, 0.1) is 82.8 Å². The quantitative estimate of drug-likeness (QED) is 0.0297. The maximum absolute atomic E-state index is 12.0. The van der Waals surface area contributed by atoms with Crippen LogP contribution in [-0.4, -0.2) is 303 Å². The monoisotopic (exact) mass is 2250 g/mol. The van der Waals surface area contributed by atoms with Crippen LogP contribution in [0.3, 0.4) is 0 Å². The average Bonchev–Trinajstić information content (AvgIpc) is 1.66. The van der Waals surface area contributed by atoms with E-state index in [1.165, 1.54) is 31.9 Å². The Labute approximate surface area is 913 Å². The second-order valence-corrected chi connectivity index (χ2v) is 51.7. The maximum Gasteiger partial charge on any atom is 0.213 e. The second kappa shape index (κ2) is 48.3. The molecule has 0 unspecified atom stereocenters. The van der Waals surface area contributed by atoms with Gasteiger partial charge in [0.1, 0.15) is 51.4 Å². The molecule has 16 heterocycles. The Kier molecular flexibility index (Phi) is 36.2. The number of rotatable bonds is 33. The highest BCUT2D eigenvalue weighted by Crippen LogP contribution is 2.43. The summed E-state index contributed by atoms with van der Waals surface area (Å²) in [7, 11) is -9.58. The van der Waals surface area contributed by atoms with Crippen LogP contribution in [0.5, 0.6) is 0 Å². The van der Waals surface area contributed by atoms with Gasteiger partial charge in [-0.15, -0.1) is 0 Å². The van der Waals surface area contributed by atoms with E-state index in [0.29, 0.717) is 118 Å². The molecule has 46 heteroatoms. The molecule has 8 fully saturated rings. The van der Waals surface area contributed by atoms with Gasteiger partial charge >= 0.3 is 0 Å². The van der Waals surface area contributed by atoms with E-state index in [-0.39, 0.29) is 36.5 Å². The number of nitrogens with zero attached hydrogens (tertiary/aromatic N) is 25. The molecule has 8 atom stereocenters. The number of hydrogen-bond donors (Lipinski definition) is 4. The first-order valence-corrected chi connectivity index (χ1v) is 59.7. The molecule has 0 saturated carbocycles. The van der Waals surface area contributed by atoms with Gasteiger partial charge in [0.2, 0.25) is 30.1 Å². The largest absolute Gasteiger partial charge is 0.396 e.